The molecule has 0 aromatic carbocycles. The van der Waals surface area contributed by atoms with E-state index in [-0.39, 0.29) is 28.9 Å². The van der Waals surface area contributed by atoms with Crippen LogP contribution in [0.4, 0.5) is 0 Å². The Hall–Kier alpha value is -0.570. The van der Waals surface area contributed by atoms with Crippen LogP contribution < -0.4 is 5.32 Å². The van der Waals surface area contributed by atoms with Gasteiger partial charge < -0.3 is 10.1 Å². The normalized spacial score (nSPS) is 33.3. The summed E-state index contributed by atoms with van der Waals surface area (Å²) in [4.78, 5) is 11.1. The molecule has 0 aliphatic heterocycles. The zero-order chi connectivity index (χ0) is 11.1. The fraction of sp³-hybridized carbons (Fsp3) is 0.909. The van der Waals surface area contributed by atoms with Crippen LogP contribution in [0.25, 0.3) is 0 Å². The van der Waals surface area contributed by atoms with Crippen molar-refractivity contribution in [2.75, 3.05) is 7.11 Å². The van der Waals surface area contributed by atoms with Crippen molar-refractivity contribution in [2.45, 2.75) is 46.8 Å². The standard InChI is InChI=1S/C11H21NO2/c1-7(13)12-8-10(2,3)9(14-6)11(8,4)5/h8-9H,1-6H3,(H,12,13)/t8-,9-. The lowest BCUT2D eigenvalue weighted by Gasteiger charge is -2.63. The first-order chi connectivity index (χ1) is 6.24. The monoisotopic (exact) mass is 199 g/mol. The predicted octanol–water partition coefficient (Wildman–Crippen LogP) is 1.57. The Labute approximate surface area is 86.2 Å². The van der Waals surface area contributed by atoms with Crippen LogP contribution in [0.5, 0.6) is 0 Å². The first-order valence-corrected chi connectivity index (χ1v) is 5.04. The van der Waals surface area contributed by atoms with Gasteiger partial charge in [-0.15, -0.1) is 0 Å². The number of nitrogens with one attached hydrogen (secondary N) is 1. The van der Waals surface area contributed by atoms with E-state index in [1.54, 1.807) is 14.0 Å². The summed E-state index contributed by atoms with van der Waals surface area (Å²) in [6.45, 7) is 10.1. The summed E-state index contributed by atoms with van der Waals surface area (Å²) in [6, 6.07) is 0.192. The molecule has 1 saturated carbocycles. The maximum absolute atomic E-state index is 11.1. The van der Waals surface area contributed by atoms with Gasteiger partial charge >= 0.3 is 0 Å². The van der Waals surface area contributed by atoms with E-state index in [1.807, 2.05) is 0 Å². The molecule has 0 radical (unpaired) electrons. The van der Waals surface area contributed by atoms with E-state index in [0.717, 1.165) is 0 Å². The molecule has 1 rings (SSSR count). The maximum atomic E-state index is 11.1. The maximum Gasteiger partial charge on any atom is 0.217 e. The van der Waals surface area contributed by atoms with Gasteiger partial charge in [-0.2, -0.15) is 0 Å². The van der Waals surface area contributed by atoms with Crippen molar-refractivity contribution in [3.05, 3.63) is 0 Å². The highest BCUT2D eigenvalue weighted by atomic mass is 16.5. The molecule has 1 aliphatic rings. The molecule has 3 nitrogen and oxygen atoms in total. The predicted molar refractivity (Wildman–Crippen MR) is 56.0 cm³/mol. The van der Waals surface area contributed by atoms with E-state index < -0.39 is 0 Å². The molecule has 1 fully saturated rings. The summed E-state index contributed by atoms with van der Waals surface area (Å²) in [5.41, 5.74) is 0.0356. The van der Waals surface area contributed by atoms with Crippen molar-refractivity contribution in [3.63, 3.8) is 0 Å². The van der Waals surface area contributed by atoms with Crippen molar-refractivity contribution in [1.29, 1.82) is 0 Å². The van der Waals surface area contributed by atoms with Gasteiger partial charge in [-0.25, -0.2) is 0 Å². The summed E-state index contributed by atoms with van der Waals surface area (Å²) in [6.07, 6.45) is 0.201. The summed E-state index contributed by atoms with van der Waals surface area (Å²) >= 11 is 0. The average Bonchev–Trinajstić information content (AvgIpc) is 1.99. The van der Waals surface area contributed by atoms with Crippen LogP contribution in [-0.2, 0) is 9.53 Å². The highest BCUT2D eigenvalue weighted by Crippen LogP contribution is 2.55. The second-order valence-electron chi connectivity index (χ2n) is 5.39. The van der Waals surface area contributed by atoms with Crippen LogP contribution in [0.15, 0.2) is 0 Å². The minimum Gasteiger partial charge on any atom is -0.380 e. The number of carbonyl (C=O) groups is 1. The first-order valence-electron chi connectivity index (χ1n) is 5.04. The lowest BCUT2D eigenvalue weighted by molar-refractivity contribution is -0.199. The zero-order valence-electron chi connectivity index (χ0n) is 9.97. The molecule has 0 aromatic heterocycles. The molecular weight excluding hydrogens is 178 g/mol. The van der Waals surface area contributed by atoms with Crippen LogP contribution in [0.1, 0.15) is 34.6 Å². The number of amides is 1. The van der Waals surface area contributed by atoms with Crippen molar-refractivity contribution < 1.29 is 9.53 Å². The third kappa shape index (κ3) is 1.44. The molecule has 3 heteroatoms. The van der Waals surface area contributed by atoms with E-state index in [0.29, 0.717) is 0 Å². The van der Waals surface area contributed by atoms with Gasteiger partial charge in [0.1, 0.15) is 0 Å². The van der Waals surface area contributed by atoms with Crippen LogP contribution in [0.2, 0.25) is 0 Å². The Morgan fingerprint density at radius 3 is 1.93 bits per heavy atom. The topological polar surface area (TPSA) is 38.3 Å². The second kappa shape index (κ2) is 3.23. The Morgan fingerprint density at radius 2 is 1.64 bits per heavy atom. The van der Waals surface area contributed by atoms with Gasteiger partial charge in [-0.1, -0.05) is 27.7 Å². The quantitative estimate of drug-likeness (QED) is 0.733. The third-order valence-electron chi connectivity index (χ3n) is 3.42. The van der Waals surface area contributed by atoms with E-state index in [4.69, 9.17) is 4.74 Å². The molecular formula is C11H21NO2. The van der Waals surface area contributed by atoms with Gasteiger partial charge in [-0.05, 0) is 0 Å². The minimum atomic E-state index is 0.0178. The van der Waals surface area contributed by atoms with Crippen molar-refractivity contribution >= 4 is 5.91 Å². The molecule has 1 amide bonds. The molecule has 1 N–H and O–H groups in total. The van der Waals surface area contributed by atoms with Gasteiger partial charge in [0.2, 0.25) is 5.91 Å². The summed E-state index contributed by atoms with van der Waals surface area (Å²) in [5, 5.41) is 3.01. The highest BCUT2D eigenvalue weighted by molar-refractivity contribution is 5.73. The van der Waals surface area contributed by atoms with Crippen LogP contribution in [0.3, 0.4) is 0 Å². The van der Waals surface area contributed by atoms with Crippen LogP contribution in [-0.4, -0.2) is 25.2 Å². The van der Waals surface area contributed by atoms with E-state index in [9.17, 15) is 4.79 Å². The molecule has 0 heterocycles. The van der Waals surface area contributed by atoms with Gasteiger partial charge in [0.25, 0.3) is 0 Å². The van der Waals surface area contributed by atoms with Gasteiger partial charge in [-0.3, -0.25) is 4.79 Å². The Balaban J connectivity index is 2.82. The van der Waals surface area contributed by atoms with Gasteiger partial charge in [0, 0.05) is 30.9 Å². The molecule has 1 aliphatic carbocycles. The summed E-state index contributed by atoms with van der Waals surface area (Å²) in [5.74, 6) is 0.0331. The van der Waals surface area contributed by atoms with E-state index >= 15 is 0 Å². The highest BCUT2D eigenvalue weighted by Gasteiger charge is 2.62. The molecule has 0 aromatic rings. The minimum absolute atomic E-state index is 0.0178. The average molecular weight is 199 g/mol. The summed E-state index contributed by atoms with van der Waals surface area (Å²) < 4.78 is 5.48. The lowest BCUT2D eigenvalue weighted by atomic mass is 9.49. The van der Waals surface area contributed by atoms with Crippen LogP contribution >= 0.6 is 0 Å². The van der Waals surface area contributed by atoms with Crippen molar-refractivity contribution in [1.82, 2.24) is 5.32 Å². The second-order valence-corrected chi connectivity index (χ2v) is 5.39. The molecule has 82 valence electrons. The van der Waals surface area contributed by atoms with E-state index in [2.05, 4.69) is 33.0 Å². The SMILES string of the molecule is CO[C@H]1C(C)(C)[C@H](NC(C)=O)C1(C)C. The number of methoxy groups -OCH3 is 1. The molecule has 14 heavy (non-hydrogen) atoms. The van der Waals surface area contributed by atoms with Crippen molar-refractivity contribution in [2.24, 2.45) is 10.8 Å². The summed E-state index contributed by atoms with van der Waals surface area (Å²) in [7, 11) is 1.73. The number of hydrogen-bond donors (Lipinski definition) is 1. The number of hydrogen-bond acceptors (Lipinski definition) is 2. The third-order valence-corrected chi connectivity index (χ3v) is 3.42. The fourth-order valence-electron chi connectivity index (χ4n) is 3.31. The van der Waals surface area contributed by atoms with E-state index in [1.165, 1.54) is 0 Å². The Kier molecular flexibility index (Phi) is 2.65. The Bertz CT molecular complexity index is 230. The molecule has 0 spiro atoms. The largest absolute Gasteiger partial charge is 0.380 e. The zero-order valence-corrected chi connectivity index (χ0v) is 9.97. The first kappa shape index (κ1) is 11.5. The molecule has 0 atom stereocenters. The van der Waals surface area contributed by atoms with Gasteiger partial charge in [0.15, 0.2) is 0 Å². The molecule has 0 unspecified atom stereocenters. The fourth-order valence-corrected chi connectivity index (χ4v) is 3.31. The van der Waals surface area contributed by atoms with Crippen LogP contribution in [0, 0.1) is 10.8 Å². The number of carbonyl (C=O) groups excluding carboxylic acids is 1. The molecule has 0 bridgehead atoms. The van der Waals surface area contributed by atoms with Crippen molar-refractivity contribution in [3.8, 4) is 0 Å². The number of rotatable bonds is 2. The number of ether oxygens (including phenoxy) is 1. The smallest absolute Gasteiger partial charge is 0.217 e. The lowest BCUT2D eigenvalue weighted by Crippen LogP contribution is -2.73. The Morgan fingerprint density at radius 1 is 1.21 bits per heavy atom. The van der Waals surface area contributed by atoms with Gasteiger partial charge in [0.05, 0.1) is 6.10 Å². The molecule has 0 saturated heterocycles.